The number of nitrogens with zero attached hydrogens (tertiary/aromatic N) is 1. The van der Waals surface area contributed by atoms with Gasteiger partial charge in [0.2, 0.25) is 5.43 Å². The van der Waals surface area contributed by atoms with E-state index in [-0.39, 0.29) is 5.75 Å². The molecule has 0 aliphatic rings. The molecule has 0 fully saturated rings. The van der Waals surface area contributed by atoms with Gasteiger partial charge in [-0.05, 0) is 31.0 Å². The summed E-state index contributed by atoms with van der Waals surface area (Å²) in [6, 6.07) is 7.41. The first-order valence-corrected chi connectivity index (χ1v) is 7.96. The van der Waals surface area contributed by atoms with Crippen LogP contribution < -0.4 is 10.2 Å². The maximum absolute atomic E-state index is 11.4. The molecular weight excluding hydrogens is 302 g/mol. The molecule has 118 valence electrons. The van der Waals surface area contributed by atoms with Crippen LogP contribution in [-0.4, -0.2) is 30.4 Å². The predicted octanol–water partition coefficient (Wildman–Crippen LogP) is 2.71. The second kappa shape index (κ2) is 7.38. The first kappa shape index (κ1) is 16.5. The van der Waals surface area contributed by atoms with Crippen molar-refractivity contribution in [1.29, 1.82) is 0 Å². The average molecular weight is 321 g/mol. The van der Waals surface area contributed by atoms with Gasteiger partial charge in [0.05, 0.1) is 13.7 Å². The minimum atomic E-state index is -0.430. The molecule has 0 spiro atoms. The maximum Gasteiger partial charge on any atom is 0.226 e. The first-order chi connectivity index (χ1) is 10.5. The number of rotatable bonds is 6. The molecule has 0 radical (unpaired) electrons. The van der Waals surface area contributed by atoms with Crippen LogP contribution in [0.3, 0.4) is 0 Å². The van der Waals surface area contributed by atoms with Crippen molar-refractivity contribution >= 4 is 11.8 Å². The van der Waals surface area contributed by atoms with Crippen LogP contribution in [0.25, 0.3) is 0 Å². The monoisotopic (exact) mass is 321 g/mol. The molecule has 1 aromatic carbocycles. The quantitative estimate of drug-likeness (QED) is 0.826. The van der Waals surface area contributed by atoms with E-state index in [0.717, 1.165) is 22.5 Å². The summed E-state index contributed by atoms with van der Waals surface area (Å²) in [5.41, 5.74) is 0.680. The third-order valence-electron chi connectivity index (χ3n) is 3.19. The Balaban J connectivity index is 2.06. The minimum Gasteiger partial charge on any atom is -0.502 e. The van der Waals surface area contributed by atoms with Gasteiger partial charge >= 0.3 is 0 Å². The van der Waals surface area contributed by atoms with Gasteiger partial charge in [-0.2, -0.15) is 0 Å². The fraction of sp³-hybridized carbons (Fsp3) is 0.312. The molecule has 0 unspecified atom stereocenters. The minimum absolute atomic E-state index is 0.371. The standard InChI is InChI=1S/C16H19NO4S/c1-17(9-12-7-13(18)14(19)10-21-12)8-11-4-5-16(22-3)15(6-11)20-2/h4-7,10,19H,8-9H2,1-3H3. The van der Waals surface area contributed by atoms with Crippen LogP contribution in [0.1, 0.15) is 11.3 Å². The van der Waals surface area contributed by atoms with Gasteiger partial charge in [0, 0.05) is 17.5 Å². The highest BCUT2D eigenvalue weighted by Crippen LogP contribution is 2.28. The van der Waals surface area contributed by atoms with Gasteiger partial charge in [-0.3, -0.25) is 9.69 Å². The van der Waals surface area contributed by atoms with E-state index < -0.39 is 5.43 Å². The summed E-state index contributed by atoms with van der Waals surface area (Å²) < 4.78 is 10.6. The number of ether oxygens (including phenoxy) is 1. The number of thioether (sulfide) groups is 1. The zero-order valence-corrected chi connectivity index (χ0v) is 13.6. The van der Waals surface area contributed by atoms with E-state index in [1.807, 2.05) is 30.3 Å². The highest BCUT2D eigenvalue weighted by atomic mass is 32.2. The van der Waals surface area contributed by atoms with Crippen LogP contribution in [0.4, 0.5) is 0 Å². The second-order valence-electron chi connectivity index (χ2n) is 4.96. The Kier molecular flexibility index (Phi) is 5.51. The van der Waals surface area contributed by atoms with Crippen molar-refractivity contribution in [3.05, 3.63) is 52.1 Å². The molecule has 5 nitrogen and oxygen atoms in total. The second-order valence-corrected chi connectivity index (χ2v) is 5.81. The van der Waals surface area contributed by atoms with Crippen molar-refractivity contribution < 1.29 is 14.3 Å². The van der Waals surface area contributed by atoms with Crippen molar-refractivity contribution in [2.24, 2.45) is 0 Å². The maximum atomic E-state index is 11.4. The Morgan fingerprint density at radius 1 is 1.32 bits per heavy atom. The van der Waals surface area contributed by atoms with E-state index in [0.29, 0.717) is 18.8 Å². The third-order valence-corrected chi connectivity index (χ3v) is 3.97. The molecule has 6 heteroatoms. The smallest absolute Gasteiger partial charge is 0.226 e. The van der Waals surface area contributed by atoms with E-state index in [1.165, 1.54) is 6.07 Å². The SMILES string of the molecule is COc1cc(CN(C)Cc2cc(=O)c(O)co2)ccc1SC. The van der Waals surface area contributed by atoms with Crippen molar-refractivity contribution in [2.75, 3.05) is 20.4 Å². The summed E-state index contributed by atoms with van der Waals surface area (Å²) in [6.07, 6.45) is 3.08. The van der Waals surface area contributed by atoms with Gasteiger partial charge in [-0.1, -0.05) is 6.07 Å². The van der Waals surface area contributed by atoms with Gasteiger partial charge in [-0.15, -0.1) is 11.8 Å². The normalized spacial score (nSPS) is 10.9. The first-order valence-electron chi connectivity index (χ1n) is 6.73. The van der Waals surface area contributed by atoms with Crippen LogP contribution in [-0.2, 0) is 13.1 Å². The number of aromatic hydroxyl groups is 1. The summed E-state index contributed by atoms with van der Waals surface area (Å²) in [5.74, 6) is 0.997. The van der Waals surface area contributed by atoms with Crippen molar-refractivity contribution in [2.45, 2.75) is 18.0 Å². The lowest BCUT2D eigenvalue weighted by molar-refractivity contribution is 0.280. The van der Waals surface area contributed by atoms with E-state index in [1.54, 1.807) is 18.9 Å². The van der Waals surface area contributed by atoms with E-state index in [2.05, 4.69) is 6.07 Å². The fourth-order valence-corrected chi connectivity index (χ4v) is 2.69. The molecular formula is C16H19NO4S. The zero-order valence-electron chi connectivity index (χ0n) is 12.8. The topological polar surface area (TPSA) is 62.9 Å². The van der Waals surface area contributed by atoms with Gasteiger partial charge in [-0.25, -0.2) is 0 Å². The molecule has 1 aromatic heterocycles. The summed E-state index contributed by atoms with van der Waals surface area (Å²) in [6.45, 7) is 1.16. The summed E-state index contributed by atoms with van der Waals surface area (Å²) in [7, 11) is 3.59. The van der Waals surface area contributed by atoms with E-state index in [4.69, 9.17) is 9.15 Å². The molecule has 0 bridgehead atoms. The Morgan fingerprint density at radius 2 is 2.09 bits per heavy atom. The number of benzene rings is 1. The fourth-order valence-electron chi connectivity index (χ4n) is 2.14. The molecule has 0 aliphatic heterocycles. The highest BCUT2D eigenvalue weighted by Gasteiger charge is 2.08. The van der Waals surface area contributed by atoms with Gasteiger partial charge in [0.25, 0.3) is 0 Å². The number of methoxy groups -OCH3 is 1. The van der Waals surface area contributed by atoms with Crippen LogP contribution in [0.2, 0.25) is 0 Å². The van der Waals surface area contributed by atoms with Crippen LogP contribution in [0.15, 0.2) is 44.6 Å². The van der Waals surface area contributed by atoms with Gasteiger partial charge < -0.3 is 14.3 Å². The highest BCUT2D eigenvalue weighted by molar-refractivity contribution is 7.98. The largest absolute Gasteiger partial charge is 0.502 e. The van der Waals surface area contributed by atoms with Crippen LogP contribution >= 0.6 is 11.8 Å². The van der Waals surface area contributed by atoms with Gasteiger partial charge in [0.1, 0.15) is 17.8 Å². The van der Waals surface area contributed by atoms with E-state index >= 15 is 0 Å². The predicted molar refractivity (Wildman–Crippen MR) is 86.6 cm³/mol. The molecule has 22 heavy (non-hydrogen) atoms. The Labute approximate surface area is 133 Å². The molecule has 0 aliphatic carbocycles. The summed E-state index contributed by atoms with van der Waals surface area (Å²) >= 11 is 1.64. The van der Waals surface area contributed by atoms with Gasteiger partial charge in [0.15, 0.2) is 5.75 Å². The van der Waals surface area contributed by atoms with Crippen LogP contribution in [0, 0.1) is 0 Å². The Morgan fingerprint density at radius 3 is 2.73 bits per heavy atom. The number of hydrogen-bond donors (Lipinski definition) is 1. The Hall–Kier alpha value is -1.92. The molecule has 0 atom stereocenters. The molecule has 1 N–H and O–H groups in total. The van der Waals surface area contributed by atoms with Crippen LogP contribution in [0.5, 0.6) is 11.5 Å². The molecule has 0 saturated heterocycles. The van der Waals surface area contributed by atoms with Crippen molar-refractivity contribution in [3.8, 4) is 11.5 Å². The molecule has 2 rings (SSSR count). The molecule has 2 aromatic rings. The summed E-state index contributed by atoms with van der Waals surface area (Å²) in [5, 5.41) is 9.18. The lowest BCUT2D eigenvalue weighted by Crippen LogP contribution is -2.18. The average Bonchev–Trinajstić information content (AvgIpc) is 2.50. The zero-order chi connectivity index (χ0) is 16.1. The third kappa shape index (κ3) is 4.05. The van der Waals surface area contributed by atoms with Crippen molar-refractivity contribution in [3.63, 3.8) is 0 Å². The van der Waals surface area contributed by atoms with E-state index in [9.17, 15) is 9.90 Å². The molecule has 1 heterocycles. The lowest BCUT2D eigenvalue weighted by atomic mass is 10.2. The Bertz CT molecular complexity index is 699. The number of hydrogen-bond acceptors (Lipinski definition) is 6. The molecule has 0 amide bonds. The molecule has 0 saturated carbocycles. The lowest BCUT2D eigenvalue weighted by Gasteiger charge is -2.17. The van der Waals surface area contributed by atoms with Crippen molar-refractivity contribution in [1.82, 2.24) is 4.90 Å². The summed E-state index contributed by atoms with van der Waals surface area (Å²) in [4.78, 5) is 14.5.